The molecule has 2 aliphatic rings. The van der Waals surface area contributed by atoms with Crippen LogP contribution in [0.4, 0.5) is 5.69 Å². The van der Waals surface area contributed by atoms with E-state index >= 15 is 0 Å². The lowest BCUT2D eigenvalue weighted by Crippen LogP contribution is -2.38. The molecule has 2 heterocycles. The molecule has 34 heavy (non-hydrogen) atoms. The standard InChI is InChI=1S/C24H27N7O3/c25-22-21(23(26)31(34)19-5-2-1-3-6-19)28-20(15-27-22)17-7-9-18(10-8-17)24(33)30-12-4-11-29(16-32)13-14-30/h1-3,5-10,15-16,20,24-26,33-34H,4,11-14H2/p+1. The van der Waals surface area contributed by atoms with Crippen molar-refractivity contribution in [2.75, 3.05) is 26.2 Å². The number of aliphatic hydroxyl groups excluding tert-OH is 1. The first kappa shape index (κ1) is 23.3. The number of carbonyl (C=O) groups is 1. The van der Waals surface area contributed by atoms with Crippen LogP contribution in [0.3, 0.4) is 0 Å². The van der Waals surface area contributed by atoms with E-state index in [-0.39, 0.29) is 17.4 Å². The summed E-state index contributed by atoms with van der Waals surface area (Å²) < 4.78 is 0.789. The molecule has 4 rings (SSSR count). The third-order valence-corrected chi connectivity index (χ3v) is 5.95. The Kier molecular flexibility index (Phi) is 7.09. The maximum Gasteiger partial charge on any atom is 0.341 e. The van der Waals surface area contributed by atoms with Crippen LogP contribution in [-0.4, -0.2) is 81.0 Å². The number of benzene rings is 2. The summed E-state index contributed by atoms with van der Waals surface area (Å²) >= 11 is 0. The van der Waals surface area contributed by atoms with Crippen LogP contribution in [0.2, 0.25) is 0 Å². The second kappa shape index (κ2) is 10.4. The van der Waals surface area contributed by atoms with Crippen LogP contribution < -0.4 is 5.73 Å². The second-order valence-electron chi connectivity index (χ2n) is 8.15. The van der Waals surface area contributed by atoms with Gasteiger partial charge in [0.15, 0.2) is 17.2 Å². The van der Waals surface area contributed by atoms with E-state index in [1.807, 2.05) is 35.2 Å². The molecule has 2 aliphatic heterocycles. The number of aliphatic hydroxyl groups is 1. The van der Waals surface area contributed by atoms with Crippen LogP contribution in [-0.2, 0) is 4.79 Å². The van der Waals surface area contributed by atoms with Crippen molar-refractivity contribution < 1.29 is 19.8 Å². The molecule has 2 atom stereocenters. The van der Waals surface area contributed by atoms with Gasteiger partial charge in [-0.3, -0.25) is 25.8 Å². The van der Waals surface area contributed by atoms with Crippen molar-refractivity contribution in [1.29, 1.82) is 5.41 Å². The van der Waals surface area contributed by atoms with E-state index in [4.69, 9.17) is 11.1 Å². The van der Waals surface area contributed by atoms with Gasteiger partial charge in [-0.2, -0.15) is 0 Å². The quantitative estimate of drug-likeness (QED) is 0.128. The van der Waals surface area contributed by atoms with Crippen LogP contribution in [0.1, 0.15) is 29.8 Å². The fourth-order valence-electron chi connectivity index (χ4n) is 3.98. The topological polar surface area (TPSA) is 142 Å². The summed E-state index contributed by atoms with van der Waals surface area (Å²) in [6, 6.07) is 15.6. The van der Waals surface area contributed by atoms with Crippen molar-refractivity contribution in [3.05, 3.63) is 65.7 Å². The van der Waals surface area contributed by atoms with Crippen molar-refractivity contribution in [2.24, 2.45) is 15.7 Å². The predicted octanol–water partition coefficient (Wildman–Crippen LogP) is 1.48. The maximum absolute atomic E-state index is 11.0. The Morgan fingerprint density at radius 2 is 1.85 bits per heavy atom. The van der Waals surface area contributed by atoms with Crippen molar-refractivity contribution in [3.63, 3.8) is 0 Å². The monoisotopic (exact) mass is 462 g/mol. The van der Waals surface area contributed by atoms with E-state index in [1.165, 1.54) is 0 Å². The molecular weight excluding hydrogens is 434 g/mol. The number of hydrogen-bond acceptors (Lipinski definition) is 6. The second-order valence-corrected chi connectivity index (χ2v) is 8.15. The maximum atomic E-state index is 11.0. The van der Waals surface area contributed by atoms with Gasteiger partial charge >= 0.3 is 5.84 Å². The van der Waals surface area contributed by atoms with Crippen LogP contribution in [0, 0.1) is 5.41 Å². The SMILES string of the molecule is N=C1N=CC(c2ccc(C(O)N3CCCN(C=O)CC3)cc2)N=C1C(N)=[N+](O)c1ccccc1. The fourth-order valence-corrected chi connectivity index (χ4v) is 3.98. The summed E-state index contributed by atoms with van der Waals surface area (Å²) in [5.41, 5.74) is 8.21. The Labute approximate surface area is 197 Å². The molecule has 1 saturated heterocycles. The smallest absolute Gasteiger partial charge is 0.341 e. The third kappa shape index (κ3) is 5.03. The highest BCUT2D eigenvalue weighted by Gasteiger charge is 2.27. The number of nitrogens with one attached hydrogen (secondary N) is 1. The van der Waals surface area contributed by atoms with E-state index < -0.39 is 12.3 Å². The molecule has 0 aliphatic carbocycles. The molecule has 0 saturated carbocycles. The first-order valence-corrected chi connectivity index (χ1v) is 11.1. The number of amidine groups is 2. The van der Waals surface area contributed by atoms with E-state index in [0.29, 0.717) is 31.9 Å². The summed E-state index contributed by atoms with van der Waals surface area (Å²) in [7, 11) is 0. The molecule has 0 spiro atoms. The van der Waals surface area contributed by atoms with Crippen molar-refractivity contribution in [2.45, 2.75) is 18.7 Å². The molecule has 0 bridgehead atoms. The van der Waals surface area contributed by atoms with Gasteiger partial charge < -0.3 is 15.2 Å². The largest absolute Gasteiger partial charge is 0.374 e. The predicted molar refractivity (Wildman–Crippen MR) is 129 cm³/mol. The highest BCUT2D eigenvalue weighted by atomic mass is 16.5. The third-order valence-electron chi connectivity index (χ3n) is 5.95. The molecule has 2 aromatic carbocycles. The minimum absolute atomic E-state index is 0.0874. The van der Waals surface area contributed by atoms with Gasteiger partial charge in [-0.05, 0) is 34.4 Å². The van der Waals surface area contributed by atoms with E-state index in [2.05, 4.69) is 9.98 Å². The molecule has 5 N–H and O–H groups in total. The minimum atomic E-state index is -0.772. The number of hydrogen-bond donors (Lipinski definition) is 4. The first-order chi connectivity index (χ1) is 16.5. The number of rotatable bonds is 6. The molecule has 10 nitrogen and oxygen atoms in total. The Hall–Kier alpha value is -3.89. The minimum Gasteiger partial charge on any atom is -0.374 e. The van der Waals surface area contributed by atoms with Gasteiger partial charge in [0.1, 0.15) is 12.3 Å². The van der Waals surface area contributed by atoms with Crippen LogP contribution in [0.25, 0.3) is 0 Å². The zero-order valence-electron chi connectivity index (χ0n) is 18.7. The normalized spacial score (nSPS) is 20.9. The van der Waals surface area contributed by atoms with Gasteiger partial charge in [-0.25, -0.2) is 4.99 Å². The molecule has 2 aromatic rings. The Morgan fingerprint density at radius 1 is 1.12 bits per heavy atom. The molecule has 10 heteroatoms. The average molecular weight is 463 g/mol. The van der Waals surface area contributed by atoms with E-state index in [1.54, 1.807) is 35.4 Å². The van der Waals surface area contributed by atoms with Gasteiger partial charge in [-0.1, -0.05) is 42.5 Å². The number of amides is 1. The lowest BCUT2D eigenvalue weighted by Gasteiger charge is -2.26. The fraction of sp³-hybridized carbons (Fsp3) is 0.292. The van der Waals surface area contributed by atoms with Crippen LogP contribution in [0.15, 0.2) is 64.6 Å². The Balaban J connectivity index is 1.52. The van der Waals surface area contributed by atoms with Crippen molar-refractivity contribution >= 4 is 35.7 Å². The first-order valence-electron chi connectivity index (χ1n) is 11.1. The molecular formula is C24H28N7O3+. The summed E-state index contributed by atoms with van der Waals surface area (Å²) in [6.45, 7) is 2.58. The summed E-state index contributed by atoms with van der Waals surface area (Å²) in [4.78, 5) is 23.4. The molecule has 0 aromatic heterocycles. The molecule has 1 amide bonds. The zero-order chi connectivity index (χ0) is 24.1. The van der Waals surface area contributed by atoms with Crippen LogP contribution in [0.5, 0.6) is 0 Å². The number of carbonyl (C=O) groups excluding carboxylic acids is 1. The highest BCUT2D eigenvalue weighted by molar-refractivity contribution is 6.67. The van der Waals surface area contributed by atoms with Crippen molar-refractivity contribution in [1.82, 2.24) is 9.80 Å². The number of para-hydroxylation sites is 1. The lowest BCUT2D eigenvalue weighted by molar-refractivity contribution is -0.712. The molecule has 1 fully saturated rings. The van der Waals surface area contributed by atoms with E-state index in [0.717, 1.165) is 28.7 Å². The summed E-state index contributed by atoms with van der Waals surface area (Å²) in [5.74, 6) is -0.225. The van der Waals surface area contributed by atoms with Crippen LogP contribution >= 0.6 is 0 Å². The summed E-state index contributed by atoms with van der Waals surface area (Å²) in [6.07, 6.45) is 2.44. The molecule has 2 unspecified atom stereocenters. The van der Waals surface area contributed by atoms with Gasteiger partial charge in [0.2, 0.25) is 6.41 Å². The molecule has 0 radical (unpaired) electrons. The summed E-state index contributed by atoms with van der Waals surface area (Å²) in [5, 5.41) is 29.4. The number of nitrogens with zero attached hydrogens (tertiary/aromatic N) is 5. The average Bonchev–Trinajstić information content (AvgIpc) is 3.14. The number of aliphatic imine (C=N–C) groups is 2. The Bertz CT molecular complexity index is 1130. The van der Waals surface area contributed by atoms with Gasteiger partial charge in [-0.15, -0.1) is 0 Å². The van der Waals surface area contributed by atoms with Gasteiger partial charge in [0.05, 0.1) is 0 Å². The highest BCUT2D eigenvalue weighted by Crippen LogP contribution is 2.24. The van der Waals surface area contributed by atoms with Gasteiger partial charge in [0, 0.05) is 32.4 Å². The van der Waals surface area contributed by atoms with E-state index in [9.17, 15) is 15.1 Å². The lowest BCUT2D eigenvalue weighted by atomic mass is 10.0. The number of nitrogens with two attached hydrogens (primary N) is 1. The van der Waals surface area contributed by atoms with Crippen molar-refractivity contribution in [3.8, 4) is 0 Å². The van der Waals surface area contributed by atoms with Gasteiger partial charge in [0.25, 0.3) is 0 Å². The zero-order valence-corrected chi connectivity index (χ0v) is 18.7. The molecule has 176 valence electrons. The Morgan fingerprint density at radius 3 is 2.56 bits per heavy atom.